The van der Waals surface area contributed by atoms with Crippen LogP contribution in [0, 0.1) is 6.92 Å². The van der Waals surface area contributed by atoms with Crippen molar-refractivity contribution in [2.75, 3.05) is 5.73 Å². The van der Waals surface area contributed by atoms with Gasteiger partial charge in [0, 0.05) is 11.6 Å². The van der Waals surface area contributed by atoms with Crippen molar-refractivity contribution in [1.29, 1.82) is 0 Å². The number of nitrogen functional groups attached to an aromatic ring is 1. The number of anilines is 1. The second-order valence-corrected chi connectivity index (χ2v) is 3.74. The van der Waals surface area contributed by atoms with Gasteiger partial charge in [-0.05, 0) is 18.6 Å². The molecule has 0 aliphatic carbocycles. The fourth-order valence-corrected chi connectivity index (χ4v) is 1.60. The van der Waals surface area contributed by atoms with Crippen LogP contribution in [-0.2, 0) is 0 Å². The van der Waals surface area contributed by atoms with E-state index in [9.17, 15) is 0 Å². The highest BCUT2D eigenvalue weighted by atomic mass is 32.1. The van der Waals surface area contributed by atoms with Gasteiger partial charge in [0.2, 0.25) is 0 Å². The van der Waals surface area contributed by atoms with E-state index in [0.29, 0.717) is 16.6 Å². The number of rotatable bonds is 2. The molecule has 2 rings (SSSR count). The Morgan fingerprint density at radius 1 is 1.43 bits per heavy atom. The molecule has 2 aromatic rings. The third kappa shape index (κ3) is 1.70. The molecule has 0 bridgehead atoms. The Morgan fingerprint density at radius 2 is 2.29 bits per heavy atom. The molecule has 72 valence electrons. The van der Waals surface area contributed by atoms with E-state index in [0.717, 1.165) is 5.56 Å². The van der Waals surface area contributed by atoms with Crippen molar-refractivity contribution in [1.82, 2.24) is 4.98 Å². The number of ether oxygens (including phenoxy) is 1. The second kappa shape index (κ2) is 3.67. The predicted octanol–water partition coefficient (Wildman–Crippen LogP) is 2.83. The lowest BCUT2D eigenvalue weighted by molar-refractivity contribution is 0.481. The number of benzene rings is 1. The van der Waals surface area contributed by atoms with E-state index in [1.807, 2.05) is 30.5 Å². The van der Waals surface area contributed by atoms with Crippen LogP contribution in [0.5, 0.6) is 10.9 Å². The summed E-state index contributed by atoms with van der Waals surface area (Å²) in [5.74, 6) is 0.667. The SMILES string of the molecule is Cc1cccc(Oc2nccs2)c1N. The number of aromatic nitrogens is 1. The minimum atomic E-state index is 0.613. The quantitative estimate of drug-likeness (QED) is 0.768. The van der Waals surface area contributed by atoms with Crippen molar-refractivity contribution in [3.8, 4) is 10.9 Å². The molecular formula is C10H10N2OS. The maximum Gasteiger partial charge on any atom is 0.278 e. The van der Waals surface area contributed by atoms with Crippen molar-refractivity contribution < 1.29 is 4.74 Å². The number of aryl methyl sites for hydroxylation is 1. The van der Waals surface area contributed by atoms with Gasteiger partial charge in [0.1, 0.15) is 0 Å². The van der Waals surface area contributed by atoms with Crippen LogP contribution in [0.2, 0.25) is 0 Å². The van der Waals surface area contributed by atoms with E-state index in [1.54, 1.807) is 6.20 Å². The van der Waals surface area contributed by atoms with E-state index >= 15 is 0 Å². The summed E-state index contributed by atoms with van der Waals surface area (Å²) in [6.45, 7) is 1.95. The summed E-state index contributed by atoms with van der Waals surface area (Å²) in [5, 5.41) is 2.48. The first kappa shape index (κ1) is 9.02. The van der Waals surface area contributed by atoms with Gasteiger partial charge in [0.05, 0.1) is 5.69 Å². The highest BCUT2D eigenvalue weighted by molar-refractivity contribution is 7.11. The summed E-state index contributed by atoms with van der Waals surface area (Å²) in [7, 11) is 0. The zero-order chi connectivity index (χ0) is 9.97. The Balaban J connectivity index is 2.29. The first-order chi connectivity index (χ1) is 6.77. The van der Waals surface area contributed by atoms with Crippen LogP contribution < -0.4 is 10.5 Å². The van der Waals surface area contributed by atoms with Gasteiger partial charge >= 0.3 is 0 Å². The van der Waals surface area contributed by atoms with Crippen molar-refractivity contribution in [2.45, 2.75) is 6.92 Å². The molecule has 0 amide bonds. The van der Waals surface area contributed by atoms with E-state index in [1.165, 1.54) is 11.3 Å². The summed E-state index contributed by atoms with van der Waals surface area (Å²) in [5.41, 5.74) is 7.53. The van der Waals surface area contributed by atoms with Crippen LogP contribution in [0.3, 0.4) is 0 Å². The maximum absolute atomic E-state index is 5.85. The highest BCUT2D eigenvalue weighted by Crippen LogP contribution is 2.30. The Hall–Kier alpha value is -1.55. The monoisotopic (exact) mass is 206 g/mol. The summed E-state index contributed by atoms with van der Waals surface area (Å²) in [6, 6.07) is 5.70. The fourth-order valence-electron chi connectivity index (χ4n) is 1.10. The van der Waals surface area contributed by atoms with Gasteiger partial charge in [-0.15, -0.1) is 0 Å². The number of nitrogens with zero attached hydrogens (tertiary/aromatic N) is 1. The highest BCUT2D eigenvalue weighted by Gasteiger charge is 2.04. The minimum absolute atomic E-state index is 0.613. The van der Waals surface area contributed by atoms with Gasteiger partial charge in [-0.1, -0.05) is 23.5 Å². The Kier molecular flexibility index (Phi) is 2.37. The molecule has 0 radical (unpaired) electrons. The molecule has 2 N–H and O–H groups in total. The molecule has 0 fully saturated rings. The minimum Gasteiger partial charge on any atom is -0.429 e. The van der Waals surface area contributed by atoms with Gasteiger partial charge in [-0.2, -0.15) is 0 Å². The first-order valence-electron chi connectivity index (χ1n) is 4.20. The van der Waals surface area contributed by atoms with Crippen LogP contribution >= 0.6 is 11.3 Å². The Labute approximate surface area is 86.2 Å². The van der Waals surface area contributed by atoms with Crippen LogP contribution in [0.4, 0.5) is 5.69 Å². The zero-order valence-electron chi connectivity index (χ0n) is 7.73. The molecule has 1 heterocycles. The van der Waals surface area contributed by atoms with Crippen LogP contribution in [0.1, 0.15) is 5.56 Å². The first-order valence-corrected chi connectivity index (χ1v) is 5.08. The van der Waals surface area contributed by atoms with Crippen molar-refractivity contribution in [3.05, 3.63) is 35.3 Å². The molecule has 0 spiro atoms. The molecule has 0 aliphatic rings. The lowest BCUT2D eigenvalue weighted by Crippen LogP contribution is -1.94. The summed E-state index contributed by atoms with van der Waals surface area (Å²) in [4.78, 5) is 4.02. The molecule has 0 saturated heterocycles. The largest absolute Gasteiger partial charge is 0.429 e. The number of hydrogen-bond acceptors (Lipinski definition) is 4. The average molecular weight is 206 g/mol. The Morgan fingerprint density at radius 3 is 3.00 bits per heavy atom. The van der Waals surface area contributed by atoms with Gasteiger partial charge in [0.25, 0.3) is 5.19 Å². The fraction of sp³-hybridized carbons (Fsp3) is 0.100. The van der Waals surface area contributed by atoms with Gasteiger partial charge in [-0.3, -0.25) is 0 Å². The molecule has 1 aromatic heterocycles. The van der Waals surface area contributed by atoms with Gasteiger partial charge in [-0.25, -0.2) is 4.98 Å². The van der Waals surface area contributed by atoms with E-state index in [4.69, 9.17) is 10.5 Å². The molecule has 14 heavy (non-hydrogen) atoms. The molecule has 0 unspecified atom stereocenters. The molecule has 0 aliphatic heterocycles. The van der Waals surface area contributed by atoms with Crippen LogP contribution in [-0.4, -0.2) is 4.98 Å². The van der Waals surface area contributed by atoms with E-state index in [-0.39, 0.29) is 0 Å². The summed E-state index contributed by atoms with van der Waals surface area (Å²) < 4.78 is 5.51. The summed E-state index contributed by atoms with van der Waals surface area (Å²) >= 11 is 1.44. The molecule has 0 atom stereocenters. The van der Waals surface area contributed by atoms with Crippen LogP contribution in [0.25, 0.3) is 0 Å². The number of thiazole rings is 1. The maximum atomic E-state index is 5.85. The molecular weight excluding hydrogens is 196 g/mol. The third-order valence-electron chi connectivity index (χ3n) is 1.89. The van der Waals surface area contributed by atoms with E-state index < -0.39 is 0 Å². The van der Waals surface area contributed by atoms with Crippen LogP contribution in [0.15, 0.2) is 29.8 Å². The zero-order valence-corrected chi connectivity index (χ0v) is 8.54. The average Bonchev–Trinajstić information content (AvgIpc) is 2.66. The van der Waals surface area contributed by atoms with E-state index in [2.05, 4.69) is 4.98 Å². The predicted molar refractivity (Wildman–Crippen MR) is 57.8 cm³/mol. The second-order valence-electron chi connectivity index (χ2n) is 2.89. The smallest absolute Gasteiger partial charge is 0.278 e. The number of hydrogen-bond donors (Lipinski definition) is 1. The number of nitrogens with two attached hydrogens (primary N) is 1. The van der Waals surface area contributed by atoms with Gasteiger partial charge < -0.3 is 10.5 Å². The van der Waals surface area contributed by atoms with Crippen molar-refractivity contribution in [2.24, 2.45) is 0 Å². The molecule has 0 saturated carbocycles. The normalized spacial score (nSPS) is 10.1. The van der Waals surface area contributed by atoms with Crippen molar-refractivity contribution >= 4 is 17.0 Å². The third-order valence-corrected chi connectivity index (χ3v) is 2.54. The lowest BCUT2D eigenvalue weighted by atomic mass is 10.2. The molecule has 1 aromatic carbocycles. The van der Waals surface area contributed by atoms with Gasteiger partial charge in [0.15, 0.2) is 5.75 Å². The Bertz CT molecular complexity index is 426. The number of para-hydroxylation sites is 1. The summed E-state index contributed by atoms with van der Waals surface area (Å²) in [6.07, 6.45) is 1.70. The standard InChI is InChI=1S/C10H10N2OS/c1-7-3-2-4-8(9(7)11)13-10-12-5-6-14-10/h2-6H,11H2,1H3. The molecule has 3 nitrogen and oxygen atoms in total. The van der Waals surface area contributed by atoms with Crippen molar-refractivity contribution in [3.63, 3.8) is 0 Å². The molecule has 4 heteroatoms. The topological polar surface area (TPSA) is 48.1 Å². The lowest BCUT2D eigenvalue weighted by Gasteiger charge is -2.06.